The minimum absolute atomic E-state index is 0.141. The summed E-state index contributed by atoms with van der Waals surface area (Å²) in [5.41, 5.74) is 0.482. The van der Waals surface area contributed by atoms with Crippen LogP contribution in [0.3, 0.4) is 0 Å². The molecule has 0 fully saturated rings. The van der Waals surface area contributed by atoms with Crippen molar-refractivity contribution in [3.8, 4) is 6.07 Å². The van der Waals surface area contributed by atoms with E-state index < -0.39 is 4.92 Å². The Bertz CT molecular complexity index is 737. The lowest BCUT2D eigenvalue weighted by Crippen LogP contribution is -2.04. The number of benzene rings is 1. The Balaban J connectivity index is 2.06. The molecule has 0 aliphatic carbocycles. The van der Waals surface area contributed by atoms with Crippen LogP contribution in [0, 0.1) is 21.4 Å². The van der Waals surface area contributed by atoms with Crippen LogP contribution >= 0.6 is 0 Å². The smallest absolute Gasteiger partial charge is 0.270 e. The molecule has 0 unspecified atom stereocenters. The zero-order valence-electron chi connectivity index (χ0n) is 12.6. The molecule has 0 amide bonds. The van der Waals surface area contributed by atoms with Crippen LogP contribution in [-0.2, 0) is 11.3 Å². The maximum absolute atomic E-state index is 10.7. The van der Waals surface area contributed by atoms with Crippen LogP contribution in [0.25, 0.3) is 0 Å². The van der Waals surface area contributed by atoms with Gasteiger partial charge in [-0.15, -0.1) is 0 Å². The second kappa shape index (κ2) is 7.33. The summed E-state index contributed by atoms with van der Waals surface area (Å²) in [5, 5.41) is 26.6. The lowest BCUT2D eigenvalue weighted by molar-refractivity contribution is -0.384. The number of hydrogen-bond donors (Lipinski definition) is 1. The maximum Gasteiger partial charge on any atom is 0.270 e. The number of rotatable bonds is 7. The van der Waals surface area contributed by atoms with Crippen LogP contribution in [0.15, 0.2) is 22.7 Å². The molecule has 9 nitrogen and oxygen atoms in total. The van der Waals surface area contributed by atoms with Gasteiger partial charge in [-0.3, -0.25) is 10.1 Å². The molecular formula is C14H15N5O4. The van der Waals surface area contributed by atoms with Gasteiger partial charge >= 0.3 is 0 Å². The van der Waals surface area contributed by atoms with Crippen LogP contribution in [-0.4, -0.2) is 21.7 Å². The van der Waals surface area contributed by atoms with E-state index in [0.717, 1.165) is 0 Å². The van der Waals surface area contributed by atoms with Crippen molar-refractivity contribution < 1.29 is 14.2 Å². The first-order chi connectivity index (χ1) is 11.0. The molecule has 9 heteroatoms. The van der Waals surface area contributed by atoms with Gasteiger partial charge in [0.2, 0.25) is 5.89 Å². The average Bonchev–Trinajstić information content (AvgIpc) is 3.02. The topological polar surface area (TPSA) is 127 Å². The first-order valence-corrected chi connectivity index (χ1v) is 6.91. The lowest BCUT2D eigenvalue weighted by atomic mass is 10.1. The van der Waals surface area contributed by atoms with Gasteiger partial charge < -0.3 is 14.6 Å². The first kappa shape index (κ1) is 16.4. The third-order valence-electron chi connectivity index (χ3n) is 3.03. The van der Waals surface area contributed by atoms with Crippen molar-refractivity contribution in [2.24, 2.45) is 0 Å². The van der Waals surface area contributed by atoms with Gasteiger partial charge in [-0.05, 0) is 19.9 Å². The predicted molar refractivity (Wildman–Crippen MR) is 79.5 cm³/mol. The standard InChI is InChI=1S/C14H15N5O4/c1-3-22-9(2)14-17-13(23-18-14)8-16-12-5-4-11(19(20)21)6-10(12)7-15/h4-6,9,16H,3,8H2,1-2H3/t9-/m1/s1. The first-order valence-electron chi connectivity index (χ1n) is 6.91. The minimum atomic E-state index is -0.552. The van der Waals surface area contributed by atoms with Gasteiger partial charge in [-0.1, -0.05) is 5.16 Å². The number of nitro groups is 1. The Morgan fingerprint density at radius 2 is 2.35 bits per heavy atom. The third kappa shape index (κ3) is 4.02. The van der Waals surface area contributed by atoms with Crippen molar-refractivity contribution in [3.63, 3.8) is 0 Å². The van der Waals surface area contributed by atoms with E-state index in [-0.39, 0.29) is 23.9 Å². The highest BCUT2D eigenvalue weighted by Gasteiger charge is 2.15. The number of ether oxygens (including phenoxy) is 1. The van der Waals surface area contributed by atoms with Gasteiger partial charge in [0.1, 0.15) is 12.2 Å². The van der Waals surface area contributed by atoms with E-state index in [4.69, 9.17) is 14.5 Å². The molecule has 0 saturated carbocycles. The molecule has 1 atom stereocenters. The van der Waals surface area contributed by atoms with Crippen LogP contribution in [0.2, 0.25) is 0 Å². The monoisotopic (exact) mass is 317 g/mol. The van der Waals surface area contributed by atoms with Gasteiger partial charge in [0.05, 0.1) is 22.7 Å². The molecule has 1 aromatic carbocycles. The molecule has 0 radical (unpaired) electrons. The summed E-state index contributed by atoms with van der Waals surface area (Å²) in [4.78, 5) is 14.3. The molecule has 1 N–H and O–H groups in total. The molecule has 0 aliphatic heterocycles. The Morgan fingerprint density at radius 3 is 3.00 bits per heavy atom. The van der Waals surface area contributed by atoms with Crippen LogP contribution < -0.4 is 5.32 Å². The minimum Gasteiger partial charge on any atom is -0.375 e. The number of nitriles is 1. The molecule has 2 aromatic rings. The molecule has 1 heterocycles. The number of hydrogen-bond acceptors (Lipinski definition) is 8. The molecule has 1 aromatic heterocycles. The Labute approximate surface area is 132 Å². The van der Waals surface area contributed by atoms with E-state index in [9.17, 15) is 10.1 Å². The fourth-order valence-electron chi connectivity index (χ4n) is 1.89. The summed E-state index contributed by atoms with van der Waals surface area (Å²) >= 11 is 0. The van der Waals surface area contributed by atoms with Gasteiger partial charge in [0.15, 0.2) is 5.82 Å². The Morgan fingerprint density at radius 1 is 1.57 bits per heavy atom. The summed E-state index contributed by atoms with van der Waals surface area (Å²) in [7, 11) is 0. The molecule has 2 rings (SSSR count). The maximum atomic E-state index is 10.7. The number of aromatic nitrogens is 2. The van der Waals surface area contributed by atoms with Gasteiger partial charge in [0, 0.05) is 18.7 Å². The summed E-state index contributed by atoms with van der Waals surface area (Å²) in [6, 6.07) is 5.91. The number of nitrogens with one attached hydrogen (secondary N) is 1. The summed E-state index contributed by atoms with van der Waals surface area (Å²) in [6.45, 7) is 4.42. The highest BCUT2D eigenvalue weighted by Crippen LogP contribution is 2.22. The molecule has 0 saturated heterocycles. The number of nitro benzene ring substituents is 1. The van der Waals surface area contributed by atoms with Crippen molar-refractivity contribution in [1.29, 1.82) is 5.26 Å². The zero-order valence-corrected chi connectivity index (χ0v) is 12.6. The SMILES string of the molecule is CCO[C@H](C)c1noc(CNc2ccc([N+](=O)[O-])cc2C#N)n1. The van der Waals surface area contributed by atoms with Gasteiger partial charge in [0.25, 0.3) is 5.69 Å². The lowest BCUT2D eigenvalue weighted by Gasteiger charge is -2.06. The number of non-ortho nitro benzene ring substituents is 1. The van der Waals surface area contributed by atoms with E-state index in [1.807, 2.05) is 19.9 Å². The molecule has 23 heavy (non-hydrogen) atoms. The van der Waals surface area contributed by atoms with E-state index in [1.165, 1.54) is 18.2 Å². The van der Waals surface area contributed by atoms with Gasteiger partial charge in [-0.2, -0.15) is 10.2 Å². The number of nitrogens with zero attached hydrogens (tertiary/aromatic N) is 4. The van der Waals surface area contributed by atoms with E-state index in [1.54, 1.807) is 0 Å². The fourth-order valence-corrected chi connectivity index (χ4v) is 1.89. The highest BCUT2D eigenvalue weighted by atomic mass is 16.6. The zero-order chi connectivity index (χ0) is 16.8. The highest BCUT2D eigenvalue weighted by molar-refractivity contribution is 5.61. The van der Waals surface area contributed by atoms with Crippen LogP contribution in [0.4, 0.5) is 11.4 Å². The molecule has 0 bridgehead atoms. The second-order valence-corrected chi connectivity index (χ2v) is 4.60. The van der Waals surface area contributed by atoms with E-state index in [2.05, 4.69) is 15.5 Å². The summed E-state index contributed by atoms with van der Waals surface area (Å²) in [6.07, 6.45) is -0.272. The van der Waals surface area contributed by atoms with Crippen molar-refractivity contribution in [3.05, 3.63) is 45.6 Å². The molecule has 0 aliphatic rings. The molecule has 120 valence electrons. The largest absolute Gasteiger partial charge is 0.375 e. The summed E-state index contributed by atoms with van der Waals surface area (Å²) in [5.74, 6) is 0.765. The summed E-state index contributed by atoms with van der Waals surface area (Å²) < 4.78 is 10.5. The van der Waals surface area contributed by atoms with Crippen LogP contribution in [0.1, 0.15) is 37.2 Å². The van der Waals surface area contributed by atoms with E-state index >= 15 is 0 Å². The van der Waals surface area contributed by atoms with Crippen molar-refractivity contribution in [1.82, 2.24) is 10.1 Å². The Hall–Kier alpha value is -2.99. The van der Waals surface area contributed by atoms with Crippen molar-refractivity contribution in [2.75, 3.05) is 11.9 Å². The van der Waals surface area contributed by atoms with Crippen molar-refractivity contribution in [2.45, 2.75) is 26.5 Å². The molecular weight excluding hydrogens is 302 g/mol. The third-order valence-corrected chi connectivity index (χ3v) is 3.03. The normalized spacial score (nSPS) is 11.7. The quantitative estimate of drug-likeness (QED) is 0.609. The van der Waals surface area contributed by atoms with Crippen molar-refractivity contribution >= 4 is 11.4 Å². The molecule has 0 spiro atoms. The average molecular weight is 317 g/mol. The predicted octanol–water partition coefficient (Wildman–Crippen LogP) is 2.56. The fraction of sp³-hybridized carbons (Fsp3) is 0.357. The Kier molecular flexibility index (Phi) is 5.22. The number of anilines is 1. The van der Waals surface area contributed by atoms with Gasteiger partial charge in [-0.25, -0.2) is 0 Å². The second-order valence-electron chi connectivity index (χ2n) is 4.60. The van der Waals surface area contributed by atoms with E-state index in [0.29, 0.717) is 24.0 Å². The van der Waals surface area contributed by atoms with Crippen LogP contribution in [0.5, 0.6) is 0 Å².